The molecule has 1 aromatic heterocycles. The maximum Gasteiger partial charge on any atom is 0.232 e. The van der Waals surface area contributed by atoms with E-state index in [9.17, 15) is 14.0 Å². The topological polar surface area (TPSA) is 111 Å². The molecule has 2 N–H and O–H groups in total. The Bertz CT molecular complexity index is 977. The summed E-state index contributed by atoms with van der Waals surface area (Å²) in [5.74, 6) is -0.688. The minimum absolute atomic E-state index is 0.000925. The van der Waals surface area contributed by atoms with Gasteiger partial charge in [0.2, 0.25) is 11.8 Å². The molecule has 1 amide bonds. The smallest absolute Gasteiger partial charge is 0.232 e. The average molecular weight is 399 g/mol. The Morgan fingerprint density at radius 3 is 2.72 bits per heavy atom. The van der Waals surface area contributed by atoms with Gasteiger partial charge in [-0.3, -0.25) is 14.5 Å². The number of ether oxygens (including phenoxy) is 1. The molecule has 0 saturated carbocycles. The third kappa shape index (κ3) is 4.23. The lowest BCUT2D eigenvalue weighted by Gasteiger charge is -2.34. The number of rotatable bonds is 6. The summed E-state index contributed by atoms with van der Waals surface area (Å²) in [7, 11) is 1.52. The molecule has 0 fully saturated rings. The number of Topliss-reactive ketones (excluding diaryl/α,β-unsaturated/α-hetero) is 1. The molecule has 0 aliphatic carbocycles. The molecule has 1 aliphatic heterocycles. The van der Waals surface area contributed by atoms with Crippen molar-refractivity contribution < 1.29 is 18.7 Å². The minimum Gasteiger partial charge on any atom is -0.477 e. The molecule has 9 heteroatoms. The Hall–Kier alpha value is -3.36. The zero-order chi connectivity index (χ0) is 21.2. The fraction of sp³-hybridized carbons (Fsp3) is 0.350. The van der Waals surface area contributed by atoms with Gasteiger partial charge >= 0.3 is 0 Å². The van der Waals surface area contributed by atoms with Gasteiger partial charge in [-0.25, -0.2) is 19.4 Å². The lowest BCUT2D eigenvalue weighted by molar-refractivity contribution is -0.128. The third-order valence-electron chi connectivity index (χ3n) is 4.76. The number of halogens is 1. The molecule has 1 aliphatic rings. The van der Waals surface area contributed by atoms with E-state index in [1.165, 1.54) is 36.5 Å². The fourth-order valence-corrected chi connectivity index (χ4v) is 3.12. The lowest BCUT2D eigenvalue weighted by atomic mass is 9.85. The van der Waals surface area contributed by atoms with E-state index >= 15 is 0 Å². The number of aromatic nitrogens is 2. The highest BCUT2D eigenvalue weighted by Crippen LogP contribution is 2.35. The summed E-state index contributed by atoms with van der Waals surface area (Å²) >= 11 is 0. The standard InChI is InChI=1S/C20H22FN5O3/c1-4-29-17-11-23-15(10-24-17)16(27)8-12-5-6-14(21)13(7-12)20(2)9-18(28)26(3)19(22)25-20/h5-7,10-11H,4,8-9H2,1-3H3,(H2,22,25). The van der Waals surface area contributed by atoms with Crippen molar-refractivity contribution in [3.05, 3.63) is 53.2 Å². The van der Waals surface area contributed by atoms with Crippen LogP contribution in [0.3, 0.4) is 0 Å². The summed E-state index contributed by atoms with van der Waals surface area (Å²) in [5, 5.41) is 0. The van der Waals surface area contributed by atoms with Crippen molar-refractivity contribution in [1.82, 2.24) is 14.9 Å². The maximum atomic E-state index is 14.6. The second-order valence-electron chi connectivity index (χ2n) is 6.96. The molecule has 0 radical (unpaired) electrons. The third-order valence-corrected chi connectivity index (χ3v) is 4.76. The Morgan fingerprint density at radius 2 is 2.10 bits per heavy atom. The van der Waals surface area contributed by atoms with Crippen LogP contribution in [0, 0.1) is 5.82 Å². The molecule has 152 valence electrons. The molecule has 0 saturated heterocycles. The van der Waals surface area contributed by atoms with Gasteiger partial charge in [0.1, 0.15) is 11.5 Å². The highest BCUT2D eigenvalue weighted by atomic mass is 19.1. The van der Waals surface area contributed by atoms with Crippen molar-refractivity contribution in [2.24, 2.45) is 10.7 Å². The zero-order valence-corrected chi connectivity index (χ0v) is 16.5. The van der Waals surface area contributed by atoms with Crippen LogP contribution in [0.2, 0.25) is 0 Å². The summed E-state index contributed by atoms with van der Waals surface area (Å²) in [5.41, 5.74) is 5.64. The first-order valence-corrected chi connectivity index (χ1v) is 9.12. The van der Waals surface area contributed by atoms with Gasteiger partial charge < -0.3 is 10.5 Å². The molecule has 2 heterocycles. The van der Waals surface area contributed by atoms with Gasteiger partial charge in [0.15, 0.2) is 11.7 Å². The number of hydrogen-bond acceptors (Lipinski definition) is 7. The van der Waals surface area contributed by atoms with E-state index in [2.05, 4.69) is 15.0 Å². The largest absolute Gasteiger partial charge is 0.477 e. The van der Waals surface area contributed by atoms with E-state index in [1.807, 2.05) is 6.92 Å². The van der Waals surface area contributed by atoms with E-state index in [4.69, 9.17) is 10.5 Å². The van der Waals surface area contributed by atoms with Crippen LogP contribution in [-0.2, 0) is 16.8 Å². The van der Waals surface area contributed by atoms with Crippen LogP contribution in [0.15, 0.2) is 35.6 Å². The molecular weight excluding hydrogens is 377 g/mol. The normalized spacial score (nSPS) is 19.1. The number of nitrogens with zero attached hydrogens (tertiary/aromatic N) is 4. The second kappa shape index (κ2) is 7.94. The fourth-order valence-electron chi connectivity index (χ4n) is 3.12. The van der Waals surface area contributed by atoms with Crippen LogP contribution >= 0.6 is 0 Å². The second-order valence-corrected chi connectivity index (χ2v) is 6.96. The Morgan fingerprint density at radius 1 is 1.34 bits per heavy atom. The van der Waals surface area contributed by atoms with Crippen molar-refractivity contribution >= 4 is 17.6 Å². The van der Waals surface area contributed by atoms with Crippen LogP contribution in [0.25, 0.3) is 0 Å². The first-order chi connectivity index (χ1) is 13.7. The first-order valence-electron chi connectivity index (χ1n) is 9.12. The van der Waals surface area contributed by atoms with Crippen LogP contribution in [0.4, 0.5) is 4.39 Å². The van der Waals surface area contributed by atoms with E-state index in [0.29, 0.717) is 18.1 Å². The van der Waals surface area contributed by atoms with E-state index in [1.54, 1.807) is 13.0 Å². The molecule has 29 heavy (non-hydrogen) atoms. The summed E-state index contributed by atoms with van der Waals surface area (Å²) in [6, 6.07) is 4.33. The van der Waals surface area contributed by atoms with Gasteiger partial charge in [-0.05, 0) is 31.5 Å². The molecule has 3 rings (SSSR count). The number of benzene rings is 1. The molecule has 2 aromatic rings. The number of hydrogen-bond donors (Lipinski definition) is 1. The summed E-state index contributed by atoms with van der Waals surface area (Å²) in [6.45, 7) is 3.92. The minimum atomic E-state index is -1.14. The van der Waals surface area contributed by atoms with Gasteiger partial charge in [0, 0.05) is 19.0 Å². The lowest BCUT2D eigenvalue weighted by Crippen LogP contribution is -2.47. The van der Waals surface area contributed by atoms with E-state index < -0.39 is 11.4 Å². The highest BCUT2D eigenvalue weighted by molar-refractivity contribution is 5.99. The number of nitrogens with two attached hydrogens (primary N) is 1. The molecule has 8 nitrogen and oxygen atoms in total. The van der Waals surface area contributed by atoms with Crippen LogP contribution < -0.4 is 10.5 Å². The average Bonchev–Trinajstić information content (AvgIpc) is 2.68. The highest BCUT2D eigenvalue weighted by Gasteiger charge is 2.38. The quantitative estimate of drug-likeness (QED) is 0.742. The molecule has 0 bridgehead atoms. The molecule has 1 unspecified atom stereocenters. The van der Waals surface area contributed by atoms with Gasteiger partial charge in [0.25, 0.3) is 0 Å². The van der Waals surface area contributed by atoms with Crippen molar-refractivity contribution in [1.29, 1.82) is 0 Å². The van der Waals surface area contributed by atoms with Gasteiger partial charge in [0.05, 0.1) is 31.0 Å². The van der Waals surface area contributed by atoms with Crippen molar-refractivity contribution in [2.45, 2.75) is 32.2 Å². The first kappa shape index (κ1) is 20.4. The van der Waals surface area contributed by atoms with Crippen molar-refractivity contribution in [3.63, 3.8) is 0 Å². The summed E-state index contributed by atoms with van der Waals surface area (Å²) in [6.07, 6.45) is 2.71. The Kier molecular flexibility index (Phi) is 5.58. The van der Waals surface area contributed by atoms with Gasteiger partial charge in [-0.2, -0.15) is 0 Å². The van der Waals surface area contributed by atoms with Crippen molar-refractivity contribution in [3.8, 4) is 5.88 Å². The molecular formula is C20H22FN5O3. The Balaban J connectivity index is 1.86. The Labute approximate surface area is 167 Å². The van der Waals surface area contributed by atoms with Crippen molar-refractivity contribution in [2.75, 3.05) is 13.7 Å². The number of carbonyl (C=O) groups is 2. The molecule has 0 spiro atoms. The van der Waals surface area contributed by atoms with E-state index in [0.717, 1.165) is 0 Å². The number of aliphatic imine (C=N–C) groups is 1. The summed E-state index contributed by atoms with van der Waals surface area (Å²) in [4.78, 5) is 38.4. The molecule has 1 aromatic carbocycles. The summed E-state index contributed by atoms with van der Waals surface area (Å²) < 4.78 is 19.8. The zero-order valence-electron chi connectivity index (χ0n) is 16.5. The predicted molar refractivity (Wildman–Crippen MR) is 104 cm³/mol. The van der Waals surface area contributed by atoms with E-state index in [-0.39, 0.29) is 41.7 Å². The number of carbonyl (C=O) groups excluding carboxylic acids is 2. The number of ketones is 1. The van der Waals surface area contributed by atoms with Crippen LogP contribution in [0.5, 0.6) is 5.88 Å². The van der Waals surface area contributed by atoms with Gasteiger partial charge in [-0.1, -0.05) is 6.07 Å². The maximum absolute atomic E-state index is 14.6. The SMILES string of the molecule is CCOc1cnc(C(=O)Cc2ccc(F)c(C3(C)CC(=O)N(C)C(N)=N3)c2)cn1. The monoisotopic (exact) mass is 399 g/mol. The number of amides is 1. The van der Waals surface area contributed by atoms with Gasteiger partial charge in [-0.15, -0.1) is 0 Å². The molecule has 1 atom stereocenters. The van der Waals surface area contributed by atoms with Crippen LogP contribution in [-0.4, -0.2) is 46.2 Å². The predicted octanol–water partition coefficient (Wildman–Crippen LogP) is 1.83. The van der Waals surface area contributed by atoms with Crippen LogP contribution in [0.1, 0.15) is 41.9 Å². The number of guanidine groups is 1.